The second-order valence-corrected chi connectivity index (χ2v) is 4.80. The van der Waals surface area contributed by atoms with Crippen molar-refractivity contribution in [1.82, 2.24) is 4.98 Å². The summed E-state index contributed by atoms with van der Waals surface area (Å²) in [6.07, 6.45) is 6.22. The molecule has 80 valence electrons. The Morgan fingerprint density at radius 3 is 2.33 bits per heavy atom. The van der Waals surface area contributed by atoms with E-state index in [1.54, 1.807) is 0 Å². The van der Waals surface area contributed by atoms with Crippen molar-refractivity contribution in [1.29, 1.82) is 0 Å². The van der Waals surface area contributed by atoms with Crippen molar-refractivity contribution in [2.75, 3.05) is 19.8 Å². The van der Waals surface area contributed by atoms with Gasteiger partial charge in [-0.25, -0.2) is 0 Å². The molecule has 3 rings (SSSR count). The van der Waals surface area contributed by atoms with Gasteiger partial charge >= 0.3 is 0 Å². The van der Waals surface area contributed by atoms with Gasteiger partial charge in [0.2, 0.25) is 0 Å². The average Bonchev–Trinajstić information content (AvgIpc) is 2.99. The van der Waals surface area contributed by atoms with Crippen LogP contribution >= 0.6 is 0 Å². The molecule has 0 unspecified atom stereocenters. The highest BCUT2D eigenvalue weighted by molar-refractivity contribution is 5.33. The van der Waals surface area contributed by atoms with Crippen molar-refractivity contribution in [3.8, 4) is 0 Å². The Morgan fingerprint density at radius 2 is 1.93 bits per heavy atom. The molecule has 1 aliphatic carbocycles. The second-order valence-electron chi connectivity index (χ2n) is 4.80. The molecule has 2 fully saturated rings. The topological polar surface area (TPSA) is 48.1 Å². The van der Waals surface area contributed by atoms with Crippen molar-refractivity contribution >= 4 is 0 Å². The lowest BCUT2D eigenvalue weighted by Crippen LogP contribution is -2.55. The molecular formula is C12H16N2O. The van der Waals surface area contributed by atoms with E-state index < -0.39 is 0 Å². The number of rotatable bonds is 3. The molecule has 3 nitrogen and oxygen atoms in total. The summed E-state index contributed by atoms with van der Waals surface area (Å²) >= 11 is 0. The van der Waals surface area contributed by atoms with Gasteiger partial charge in [0.1, 0.15) is 0 Å². The lowest BCUT2D eigenvalue weighted by atomic mass is 9.66. The van der Waals surface area contributed by atoms with Gasteiger partial charge in [0.15, 0.2) is 0 Å². The molecule has 1 aliphatic heterocycles. The summed E-state index contributed by atoms with van der Waals surface area (Å²) in [5.74, 6) is 0. The van der Waals surface area contributed by atoms with Crippen LogP contribution in [0.5, 0.6) is 0 Å². The van der Waals surface area contributed by atoms with Crippen molar-refractivity contribution in [3.63, 3.8) is 0 Å². The maximum absolute atomic E-state index is 5.93. The van der Waals surface area contributed by atoms with Gasteiger partial charge in [0.05, 0.1) is 13.2 Å². The van der Waals surface area contributed by atoms with E-state index in [1.165, 1.54) is 18.4 Å². The number of pyridine rings is 1. The summed E-state index contributed by atoms with van der Waals surface area (Å²) in [6.45, 7) is 2.43. The molecule has 0 spiro atoms. The highest BCUT2D eigenvalue weighted by Gasteiger charge is 2.62. The average molecular weight is 204 g/mol. The third-order valence-corrected chi connectivity index (χ3v) is 4.19. The first-order valence-electron chi connectivity index (χ1n) is 5.51. The van der Waals surface area contributed by atoms with E-state index in [0.29, 0.717) is 5.41 Å². The zero-order valence-electron chi connectivity index (χ0n) is 8.78. The SMILES string of the molecule is NCC1(C2(c3ccncc3)COC2)CC1. The summed E-state index contributed by atoms with van der Waals surface area (Å²) < 4.78 is 5.44. The van der Waals surface area contributed by atoms with Crippen molar-refractivity contribution in [3.05, 3.63) is 30.1 Å². The van der Waals surface area contributed by atoms with E-state index in [1.807, 2.05) is 12.4 Å². The molecule has 0 bridgehead atoms. The molecule has 1 saturated heterocycles. The minimum Gasteiger partial charge on any atom is -0.379 e. The fraction of sp³-hybridized carbons (Fsp3) is 0.583. The van der Waals surface area contributed by atoms with Crippen LogP contribution in [-0.2, 0) is 10.2 Å². The highest BCUT2D eigenvalue weighted by Crippen LogP contribution is 2.61. The molecular weight excluding hydrogens is 188 g/mol. The first kappa shape index (κ1) is 9.31. The van der Waals surface area contributed by atoms with Gasteiger partial charge in [0.25, 0.3) is 0 Å². The number of nitrogens with two attached hydrogens (primary N) is 1. The van der Waals surface area contributed by atoms with E-state index in [-0.39, 0.29) is 5.41 Å². The predicted molar refractivity (Wildman–Crippen MR) is 57.5 cm³/mol. The highest BCUT2D eigenvalue weighted by atomic mass is 16.5. The normalized spacial score (nSPS) is 25.7. The minimum atomic E-state index is 0.185. The van der Waals surface area contributed by atoms with Crippen molar-refractivity contribution < 1.29 is 4.74 Å². The molecule has 1 saturated carbocycles. The zero-order valence-corrected chi connectivity index (χ0v) is 8.78. The Labute approximate surface area is 89.6 Å². The lowest BCUT2D eigenvalue weighted by molar-refractivity contribution is -0.0973. The van der Waals surface area contributed by atoms with Crippen LogP contribution in [0.2, 0.25) is 0 Å². The van der Waals surface area contributed by atoms with Crippen LogP contribution in [0.25, 0.3) is 0 Å². The van der Waals surface area contributed by atoms with Crippen LogP contribution < -0.4 is 5.73 Å². The summed E-state index contributed by atoms with van der Waals surface area (Å²) in [5, 5.41) is 0. The summed E-state index contributed by atoms with van der Waals surface area (Å²) in [5.41, 5.74) is 7.78. The first-order chi connectivity index (χ1) is 7.33. The monoisotopic (exact) mass is 204 g/mol. The Balaban J connectivity index is 2.00. The maximum Gasteiger partial charge on any atom is 0.0591 e. The zero-order chi connectivity index (χ0) is 10.4. The summed E-state index contributed by atoms with van der Waals surface area (Å²) in [4.78, 5) is 4.07. The van der Waals surface area contributed by atoms with Gasteiger partial charge in [0, 0.05) is 17.8 Å². The van der Waals surface area contributed by atoms with Crippen LogP contribution in [0.4, 0.5) is 0 Å². The molecule has 2 heterocycles. The van der Waals surface area contributed by atoms with Crippen LogP contribution in [0.1, 0.15) is 18.4 Å². The van der Waals surface area contributed by atoms with Gasteiger partial charge < -0.3 is 10.5 Å². The molecule has 0 aromatic carbocycles. The van der Waals surface area contributed by atoms with Gasteiger partial charge in [-0.15, -0.1) is 0 Å². The Hall–Kier alpha value is -0.930. The number of ether oxygens (including phenoxy) is 1. The van der Waals surface area contributed by atoms with E-state index in [2.05, 4.69) is 17.1 Å². The molecule has 0 radical (unpaired) electrons. The number of nitrogens with zero attached hydrogens (tertiary/aromatic N) is 1. The smallest absolute Gasteiger partial charge is 0.0591 e. The molecule has 3 heteroatoms. The molecule has 2 aliphatic rings. The molecule has 1 aromatic rings. The summed E-state index contributed by atoms with van der Waals surface area (Å²) in [7, 11) is 0. The standard InChI is InChI=1S/C12H16N2O/c13-7-11(3-4-11)12(8-15-9-12)10-1-5-14-6-2-10/h1-2,5-6H,3-4,7-9,13H2. The Morgan fingerprint density at radius 1 is 1.27 bits per heavy atom. The predicted octanol–water partition coefficient (Wildman–Crippen LogP) is 1.09. The molecule has 2 N–H and O–H groups in total. The second kappa shape index (κ2) is 3.03. The molecule has 0 amide bonds. The van der Waals surface area contributed by atoms with E-state index in [4.69, 9.17) is 10.5 Å². The molecule has 0 atom stereocenters. The third-order valence-electron chi connectivity index (χ3n) is 4.19. The Kier molecular flexibility index (Phi) is 1.88. The Bertz CT molecular complexity index is 355. The largest absolute Gasteiger partial charge is 0.379 e. The van der Waals surface area contributed by atoms with E-state index in [0.717, 1.165) is 19.8 Å². The number of hydrogen-bond donors (Lipinski definition) is 1. The third kappa shape index (κ3) is 1.11. The first-order valence-corrected chi connectivity index (χ1v) is 5.51. The van der Waals surface area contributed by atoms with Crippen molar-refractivity contribution in [2.24, 2.45) is 11.1 Å². The minimum absolute atomic E-state index is 0.185. The van der Waals surface area contributed by atoms with Crippen LogP contribution in [0, 0.1) is 5.41 Å². The number of aromatic nitrogens is 1. The van der Waals surface area contributed by atoms with Crippen LogP contribution in [0.15, 0.2) is 24.5 Å². The van der Waals surface area contributed by atoms with Crippen LogP contribution in [0.3, 0.4) is 0 Å². The molecule has 1 aromatic heterocycles. The lowest BCUT2D eigenvalue weighted by Gasteiger charge is -2.48. The van der Waals surface area contributed by atoms with Crippen molar-refractivity contribution in [2.45, 2.75) is 18.3 Å². The maximum atomic E-state index is 5.93. The van der Waals surface area contributed by atoms with E-state index >= 15 is 0 Å². The fourth-order valence-electron chi connectivity index (χ4n) is 2.79. The van der Waals surface area contributed by atoms with E-state index in [9.17, 15) is 0 Å². The van der Waals surface area contributed by atoms with Gasteiger partial charge in [-0.1, -0.05) is 0 Å². The van der Waals surface area contributed by atoms with Gasteiger partial charge in [-0.3, -0.25) is 4.98 Å². The molecule has 15 heavy (non-hydrogen) atoms. The van der Waals surface area contributed by atoms with Gasteiger partial charge in [-0.2, -0.15) is 0 Å². The summed E-state index contributed by atoms with van der Waals surface area (Å²) in [6, 6.07) is 4.22. The van der Waals surface area contributed by atoms with Gasteiger partial charge in [-0.05, 0) is 42.5 Å². The van der Waals surface area contributed by atoms with Crippen LogP contribution in [-0.4, -0.2) is 24.7 Å². The fourth-order valence-corrected chi connectivity index (χ4v) is 2.79. The quantitative estimate of drug-likeness (QED) is 0.801. The number of hydrogen-bond acceptors (Lipinski definition) is 3.